The zero-order valence-corrected chi connectivity index (χ0v) is 12.0. The normalized spacial score (nSPS) is 14.5. The lowest BCUT2D eigenvalue weighted by Gasteiger charge is -2.09. The highest BCUT2D eigenvalue weighted by Crippen LogP contribution is 2.15. The van der Waals surface area contributed by atoms with Gasteiger partial charge in [-0.05, 0) is 45.0 Å². The average Bonchev–Trinajstić information content (AvgIpc) is 2.34. The Hall–Kier alpha value is -0.380. The van der Waals surface area contributed by atoms with Crippen molar-refractivity contribution in [3.05, 3.63) is 29.3 Å². The second kappa shape index (κ2) is 7.85. The molecular formula is C13H20ClNOS. The van der Waals surface area contributed by atoms with Gasteiger partial charge in [-0.25, -0.2) is 0 Å². The number of rotatable bonds is 7. The summed E-state index contributed by atoms with van der Waals surface area (Å²) in [7, 11) is 1.05. The van der Waals surface area contributed by atoms with Crippen molar-refractivity contribution in [3.8, 4) is 0 Å². The number of hydrogen-bond acceptors (Lipinski definition) is 2. The van der Waals surface area contributed by atoms with Crippen molar-refractivity contribution < 1.29 is 4.21 Å². The average molecular weight is 274 g/mol. The molecule has 2 atom stereocenters. The molecule has 0 radical (unpaired) electrons. The van der Waals surface area contributed by atoms with Crippen LogP contribution in [-0.2, 0) is 10.8 Å². The van der Waals surface area contributed by atoms with E-state index in [1.165, 1.54) is 0 Å². The third-order valence-electron chi connectivity index (χ3n) is 2.77. The Morgan fingerprint density at radius 3 is 2.82 bits per heavy atom. The van der Waals surface area contributed by atoms with Crippen LogP contribution in [0.25, 0.3) is 0 Å². The minimum atomic E-state index is -0.915. The fourth-order valence-corrected chi connectivity index (χ4v) is 3.00. The second-order valence-corrected chi connectivity index (χ2v) is 6.20. The molecule has 17 heavy (non-hydrogen) atoms. The molecule has 0 aromatic heterocycles. The fourth-order valence-electron chi connectivity index (χ4n) is 1.55. The van der Waals surface area contributed by atoms with Gasteiger partial charge in [0.2, 0.25) is 0 Å². The molecule has 4 heteroatoms. The third kappa shape index (κ3) is 5.66. The van der Waals surface area contributed by atoms with Crippen molar-refractivity contribution in [1.82, 2.24) is 5.32 Å². The maximum absolute atomic E-state index is 11.9. The lowest BCUT2D eigenvalue weighted by Crippen LogP contribution is -2.20. The van der Waals surface area contributed by atoms with E-state index in [-0.39, 0.29) is 0 Å². The van der Waals surface area contributed by atoms with Crippen LogP contribution in [0.4, 0.5) is 0 Å². The van der Waals surface area contributed by atoms with Gasteiger partial charge in [-0.15, -0.1) is 0 Å². The van der Waals surface area contributed by atoms with Gasteiger partial charge < -0.3 is 5.32 Å². The quantitative estimate of drug-likeness (QED) is 0.773. The van der Waals surface area contributed by atoms with Gasteiger partial charge in [-0.3, -0.25) is 4.21 Å². The standard InChI is InChI=1S/C13H20ClNOS/c1-11(15-2)6-3-4-9-17(16)13-8-5-7-12(14)10-13/h5,7-8,10-11,15H,3-4,6,9H2,1-2H3. The first-order valence-corrected chi connectivity index (χ1v) is 7.64. The van der Waals surface area contributed by atoms with Crippen LogP contribution in [0.5, 0.6) is 0 Å². The summed E-state index contributed by atoms with van der Waals surface area (Å²) >= 11 is 5.87. The van der Waals surface area contributed by atoms with Crippen molar-refractivity contribution in [1.29, 1.82) is 0 Å². The lowest BCUT2D eigenvalue weighted by molar-refractivity contribution is 0.537. The smallest absolute Gasteiger partial charge is 0.0530 e. The van der Waals surface area contributed by atoms with Crippen molar-refractivity contribution in [2.75, 3.05) is 12.8 Å². The highest BCUT2D eigenvalue weighted by Gasteiger charge is 2.05. The van der Waals surface area contributed by atoms with Crippen LogP contribution in [0, 0.1) is 0 Å². The van der Waals surface area contributed by atoms with E-state index in [9.17, 15) is 4.21 Å². The molecule has 0 heterocycles. The third-order valence-corrected chi connectivity index (χ3v) is 4.44. The van der Waals surface area contributed by atoms with Gasteiger partial charge >= 0.3 is 0 Å². The van der Waals surface area contributed by atoms with Gasteiger partial charge in [0.25, 0.3) is 0 Å². The van der Waals surface area contributed by atoms with Gasteiger partial charge in [-0.2, -0.15) is 0 Å². The van der Waals surface area contributed by atoms with E-state index < -0.39 is 10.8 Å². The Kier molecular flexibility index (Phi) is 6.78. The van der Waals surface area contributed by atoms with Gasteiger partial charge in [0, 0.05) is 21.7 Å². The summed E-state index contributed by atoms with van der Waals surface area (Å²) in [6.45, 7) is 2.16. The molecule has 0 amide bonds. The summed E-state index contributed by atoms with van der Waals surface area (Å²) in [5, 5.41) is 3.85. The van der Waals surface area contributed by atoms with Crippen LogP contribution in [0.3, 0.4) is 0 Å². The molecule has 0 saturated heterocycles. The van der Waals surface area contributed by atoms with Gasteiger partial charge in [-0.1, -0.05) is 24.1 Å². The minimum absolute atomic E-state index is 0.537. The van der Waals surface area contributed by atoms with E-state index in [1.54, 1.807) is 12.1 Å². The van der Waals surface area contributed by atoms with Gasteiger partial charge in [0.05, 0.1) is 10.8 Å². The number of unbranched alkanes of at least 4 members (excludes halogenated alkanes) is 1. The van der Waals surface area contributed by atoms with Crippen molar-refractivity contribution in [2.24, 2.45) is 0 Å². The Morgan fingerprint density at radius 2 is 2.18 bits per heavy atom. The predicted octanol–water partition coefficient (Wildman–Crippen LogP) is 3.23. The Balaban J connectivity index is 2.30. The molecule has 96 valence electrons. The van der Waals surface area contributed by atoms with Crippen LogP contribution in [0.15, 0.2) is 29.2 Å². The topological polar surface area (TPSA) is 29.1 Å². The second-order valence-electron chi connectivity index (χ2n) is 4.19. The number of benzene rings is 1. The molecule has 0 spiro atoms. The van der Waals surface area contributed by atoms with Crippen LogP contribution < -0.4 is 5.32 Å². The monoisotopic (exact) mass is 273 g/mol. The van der Waals surface area contributed by atoms with Crippen molar-refractivity contribution in [3.63, 3.8) is 0 Å². The predicted molar refractivity (Wildman–Crippen MR) is 75.1 cm³/mol. The van der Waals surface area contributed by atoms with E-state index in [0.29, 0.717) is 11.1 Å². The summed E-state index contributed by atoms with van der Waals surface area (Å²) in [5.74, 6) is 0.719. The van der Waals surface area contributed by atoms with Crippen LogP contribution in [0.2, 0.25) is 5.02 Å². The highest BCUT2D eigenvalue weighted by molar-refractivity contribution is 7.85. The number of nitrogens with one attached hydrogen (secondary N) is 1. The molecule has 0 bridgehead atoms. The Bertz CT molecular complexity index is 370. The zero-order valence-electron chi connectivity index (χ0n) is 10.4. The molecule has 0 saturated carbocycles. The van der Waals surface area contributed by atoms with E-state index in [0.717, 1.165) is 29.9 Å². The molecular weight excluding hydrogens is 254 g/mol. The maximum Gasteiger partial charge on any atom is 0.0530 e. The first-order chi connectivity index (χ1) is 8.13. The summed E-state index contributed by atoms with van der Waals surface area (Å²) in [4.78, 5) is 0.833. The highest BCUT2D eigenvalue weighted by atomic mass is 35.5. The molecule has 0 aliphatic rings. The Labute approximate surface area is 111 Å². The minimum Gasteiger partial charge on any atom is -0.317 e. The summed E-state index contributed by atoms with van der Waals surface area (Å²) in [6.07, 6.45) is 3.22. The largest absolute Gasteiger partial charge is 0.317 e. The number of halogens is 1. The summed E-state index contributed by atoms with van der Waals surface area (Å²) in [5.41, 5.74) is 0. The van der Waals surface area contributed by atoms with E-state index in [2.05, 4.69) is 12.2 Å². The zero-order chi connectivity index (χ0) is 12.7. The first-order valence-electron chi connectivity index (χ1n) is 5.94. The fraction of sp³-hybridized carbons (Fsp3) is 0.538. The van der Waals surface area contributed by atoms with Crippen LogP contribution in [-0.4, -0.2) is 23.1 Å². The molecule has 1 rings (SSSR count). The van der Waals surface area contributed by atoms with Crippen LogP contribution >= 0.6 is 11.6 Å². The summed E-state index contributed by atoms with van der Waals surface area (Å²) in [6, 6.07) is 7.84. The molecule has 1 aromatic carbocycles. The molecule has 0 fully saturated rings. The van der Waals surface area contributed by atoms with Crippen LogP contribution in [0.1, 0.15) is 26.2 Å². The van der Waals surface area contributed by atoms with E-state index >= 15 is 0 Å². The lowest BCUT2D eigenvalue weighted by atomic mass is 10.1. The molecule has 2 nitrogen and oxygen atoms in total. The molecule has 1 N–H and O–H groups in total. The maximum atomic E-state index is 11.9. The van der Waals surface area contributed by atoms with Crippen molar-refractivity contribution >= 4 is 22.4 Å². The SMILES string of the molecule is CNC(C)CCCCS(=O)c1cccc(Cl)c1. The molecule has 2 unspecified atom stereocenters. The summed E-state index contributed by atoms with van der Waals surface area (Å²) < 4.78 is 11.9. The van der Waals surface area contributed by atoms with E-state index in [1.807, 2.05) is 19.2 Å². The number of hydrogen-bond donors (Lipinski definition) is 1. The molecule has 0 aliphatic carbocycles. The Morgan fingerprint density at radius 1 is 1.41 bits per heavy atom. The molecule has 0 aliphatic heterocycles. The molecule has 1 aromatic rings. The van der Waals surface area contributed by atoms with Gasteiger partial charge in [0.15, 0.2) is 0 Å². The van der Waals surface area contributed by atoms with Crippen molar-refractivity contribution in [2.45, 2.75) is 37.1 Å². The van der Waals surface area contributed by atoms with E-state index in [4.69, 9.17) is 11.6 Å². The van der Waals surface area contributed by atoms with Gasteiger partial charge in [0.1, 0.15) is 0 Å². The first kappa shape index (κ1) is 14.7.